The van der Waals surface area contributed by atoms with Gasteiger partial charge in [0.15, 0.2) is 0 Å². The smallest absolute Gasteiger partial charge is 0.268 e. The van der Waals surface area contributed by atoms with Crippen molar-refractivity contribution in [3.05, 3.63) is 39.7 Å². The fourth-order valence-corrected chi connectivity index (χ4v) is 4.06. The normalized spacial score (nSPS) is 18.0. The average Bonchev–Trinajstić information content (AvgIpc) is 3.44. The van der Waals surface area contributed by atoms with Crippen LogP contribution in [0.4, 0.5) is 5.69 Å². The molecule has 1 aromatic carbocycles. The van der Waals surface area contributed by atoms with Crippen LogP contribution in [0.5, 0.6) is 0 Å². The Balaban J connectivity index is 1.69. The zero-order chi connectivity index (χ0) is 18.9. The second-order valence-electron chi connectivity index (χ2n) is 7.70. The van der Waals surface area contributed by atoms with E-state index in [0.717, 1.165) is 48.1 Å². The van der Waals surface area contributed by atoms with Crippen LogP contribution in [0.1, 0.15) is 36.8 Å². The summed E-state index contributed by atoms with van der Waals surface area (Å²) in [4.78, 5) is 17.5. The second-order valence-corrected chi connectivity index (χ2v) is 7.70. The number of methoxy groups -OCH3 is 1. The highest BCUT2D eigenvalue weighted by Gasteiger charge is 2.44. The first-order chi connectivity index (χ1) is 13.2. The van der Waals surface area contributed by atoms with Gasteiger partial charge in [0.1, 0.15) is 11.6 Å². The number of aromatic amines is 1. The number of rotatable bonds is 6. The van der Waals surface area contributed by atoms with E-state index >= 15 is 0 Å². The number of ether oxygens (including phenoxy) is 2. The zero-order valence-electron chi connectivity index (χ0n) is 15.7. The van der Waals surface area contributed by atoms with Crippen molar-refractivity contribution in [2.75, 3.05) is 38.3 Å². The number of piperidine rings is 1. The molecule has 2 fully saturated rings. The lowest BCUT2D eigenvalue weighted by molar-refractivity contribution is 0.0617. The lowest BCUT2D eigenvalue weighted by atomic mass is 9.92. The summed E-state index contributed by atoms with van der Waals surface area (Å²) in [5, 5.41) is 10.6. The molecule has 0 atom stereocenters. The van der Waals surface area contributed by atoms with Crippen molar-refractivity contribution >= 4 is 16.6 Å². The molecule has 4 rings (SSSR count). The van der Waals surface area contributed by atoms with Crippen LogP contribution in [0.3, 0.4) is 0 Å². The van der Waals surface area contributed by atoms with Crippen LogP contribution in [0, 0.1) is 16.7 Å². The Morgan fingerprint density at radius 3 is 2.67 bits per heavy atom. The molecule has 1 aliphatic carbocycles. The van der Waals surface area contributed by atoms with Crippen LogP contribution < -0.4 is 10.5 Å². The molecule has 0 unspecified atom stereocenters. The molecule has 2 heterocycles. The Kier molecular flexibility index (Phi) is 4.90. The highest BCUT2D eigenvalue weighted by Crippen LogP contribution is 2.54. The van der Waals surface area contributed by atoms with Crippen LogP contribution in [0.15, 0.2) is 23.0 Å². The maximum atomic E-state index is 12.5. The van der Waals surface area contributed by atoms with Gasteiger partial charge >= 0.3 is 0 Å². The number of nitrogens with zero attached hydrogens (tertiary/aromatic N) is 2. The highest BCUT2D eigenvalue weighted by atomic mass is 16.5. The van der Waals surface area contributed by atoms with Crippen LogP contribution in [-0.4, -0.2) is 38.4 Å². The molecule has 1 aliphatic heterocycles. The first-order valence-corrected chi connectivity index (χ1v) is 9.56. The number of hydrogen-bond donors (Lipinski definition) is 1. The van der Waals surface area contributed by atoms with E-state index in [1.807, 2.05) is 18.2 Å². The number of hydrogen-bond acceptors (Lipinski definition) is 5. The fourth-order valence-electron chi connectivity index (χ4n) is 4.06. The summed E-state index contributed by atoms with van der Waals surface area (Å²) in [7, 11) is 1.65. The van der Waals surface area contributed by atoms with Gasteiger partial charge in [0.25, 0.3) is 5.56 Å². The minimum atomic E-state index is -0.309. The quantitative estimate of drug-likeness (QED) is 0.794. The molecule has 0 bridgehead atoms. The second kappa shape index (κ2) is 7.34. The first kappa shape index (κ1) is 18.0. The molecule has 1 saturated heterocycles. The van der Waals surface area contributed by atoms with E-state index in [9.17, 15) is 10.1 Å². The largest absolute Gasteiger partial charge is 0.382 e. The molecular formula is C21H25N3O3. The van der Waals surface area contributed by atoms with Crippen LogP contribution >= 0.6 is 0 Å². The summed E-state index contributed by atoms with van der Waals surface area (Å²) in [6, 6.07) is 8.03. The number of anilines is 1. The summed E-state index contributed by atoms with van der Waals surface area (Å²) < 4.78 is 10.6. The van der Waals surface area contributed by atoms with Gasteiger partial charge in [-0.25, -0.2) is 0 Å². The van der Waals surface area contributed by atoms with E-state index in [4.69, 9.17) is 9.47 Å². The maximum Gasteiger partial charge on any atom is 0.268 e. The number of pyridine rings is 1. The summed E-state index contributed by atoms with van der Waals surface area (Å²) in [5.74, 6) is 0. The van der Waals surface area contributed by atoms with Crippen molar-refractivity contribution in [3.63, 3.8) is 0 Å². The highest BCUT2D eigenvalue weighted by molar-refractivity contribution is 5.95. The van der Waals surface area contributed by atoms with Gasteiger partial charge in [0, 0.05) is 25.6 Å². The van der Waals surface area contributed by atoms with Crippen LogP contribution in [-0.2, 0) is 16.1 Å². The Bertz CT molecular complexity index is 930. The topological polar surface area (TPSA) is 78.3 Å². The van der Waals surface area contributed by atoms with Gasteiger partial charge in [-0.15, -0.1) is 0 Å². The minimum Gasteiger partial charge on any atom is -0.382 e. The van der Waals surface area contributed by atoms with Gasteiger partial charge in [-0.2, -0.15) is 5.26 Å². The molecule has 1 N–H and O–H groups in total. The number of nitrogens with one attached hydrogen (secondary N) is 1. The van der Waals surface area contributed by atoms with Crippen molar-refractivity contribution in [1.29, 1.82) is 5.26 Å². The van der Waals surface area contributed by atoms with Gasteiger partial charge in [-0.3, -0.25) is 4.79 Å². The molecule has 27 heavy (non-hydrogen) atoms. The third kappa shape index (κ3) is 3.58. The Morgan fingerprint density at radius 1 is 1.22 bits per heavy atom. The Hall–Kier alpha value is -2.36. The van der Waals surface area contributed by atoms with Gasteiger partial charge in [0.2, 0.25) is 0 Å². The molecule has 0 amide bonds. The molecule has 6 nitrogen and oxygen atoms in total. The number of nitriles is 1. The van der Waals surface area contributed by atoms with E-state index in [1.54, 1.807) is 7.11 Å². The van der Waals surface area contributed by atoms with Gasteiger partial charge in [0.05, 0.1) is 31.0 Å². The van der Waals surface area contributed by atoms with Crippen molar-refractivity contribution in [1.82, 2.24) is 4.98 Å². The van der Waals surface area contributed by atoms with E-state index in [0.29, 0.717) is 25.2 Å². The Labute approximate surface area is 158 Å². The molecule has 1 aromatic heterocycles. The molecule has 142 valence electrons. The van der Waals surface area contributed by atoms with Crippen LogP contribution in [0.2, 0.25) is 0 Å². The molecular weight excluding hydrogens is 342 g/mol. The van der Waals surface area contributed by atoms with E-state index in [2.05, 4.69) is 16.0 Å². The third-order valence-electron chi connectivity index (χ3n) is 5.96. The van der Waals surface area contributed by atoms with Gasteiger partial charge < -0.3 is 19.4 Å². The van der Waals surface area contributed by atoms with E-state index in [1.165, 1.54) is 12.8 Å². The minimum absolute atomic E-state index is 0.215. The molecule has 1 saturated carbocycles. The molecule has 2 aromatic rings. The predicted octanol–water partition coefficient (Wildman–Crippen LogP) is 2.94. The monoisotopic (exact) mass is 367 g/mol. The fraction of sp³-hybridized carbons (Fsp3) is 0.524. The SMILES string of the molecule is COCCOCc1ccc2[nH]c(=O)c(C#N)c(N3CCC4(CC3)CC4)c2c1. The number of H-pyrrole nitrogens is 1. The maximum absolute atomic E-state index is 12.5. The van der Waals surface area contributed by atoms with E-state index < -0.39 is 0 Å². The van der Waals surface area contributed by atoms with Crippen molar-refractivity contribution in [2.45, 2.75) is 32.3 Å². The molecule has 1 spiro atoms. The van der Waals surface area contributed by atoms with Crippen molar-refractivity contribution in [2.24, 2.45) is 5.41 Å². The average molecular weight is 367 g/mol. The van der Waals surface area contributed by atoms with Gasteiger partial charge in [-0.1, -0.05) is 6.07 Å². The lowest BCUT2D eigenvalue weighted by Gasteiger charge is -2.34. The number of benzene rings is 1. The van der Waals surface area contributed by atoms with Crippen LogP contribution in [0.25, 0.3) is 10.9 Å². The molecule has 6 heteroatoms. The lowest BCUT2D eigenvalue weighted by Crippen LogP contribution is -2.36. The Morgan fingerprint density at radius 2 is 2.00 bits per heavy atom. The van der Waals surface area contributed by atoms with Crippen molar-refractivity contribution < 1.29 is 9.47 Å². The summed E-state index contributed by atoms with van der Waals surface area (Å²) in [6.45, 7) is 3.37. The van der Waals surface area contributed by atoms with Crippen molar-refractivity contribution in [3.8, 4) is 6.07 Å². The summed E-state index contributed by atoms with van der Waals surface area (Å²) in [6.07, 6.45) is 4.94. The summed E-state index contributed by atoms with van der Waals surface area (Å²) in [5.41, 5.74) is 3.02. The molecule has 0 radical (unpaired) electrons. The van der Waals surface area contributed by atoms with E-state index in [-0.39, 0.29) is 11.1 Å². The zero-order valence-corrected chi connectivity index (χ0v) is 15.7. The number of aromatic nitrogens is 1. The third-order valence-corrected chi connectivity index (χ3v) is 5.96. The number of fused-ring (bicyclic) bond motifs is 1. The standard InChI is InChI=1S/C21H25N3O3/c1-26-10-11-27-14-15-2-3-18-16(12-15)19(17(13-22)20(25)23-18)24-8-6-21(4-5-21)7-9-24/h2-3,12H,4-11,14H2,1H3,(H,23,25). The predicted molar refractivity (Wildman–Crippen MR) is 104 cm³/mol. The van der Waals surface area contributed by atoms with Gasteiger partial charge in [-0.05, 0) is 48.8 Å². The molecule has 2 aliphatic rings. The summed E-state index contributed by atoms with van der Waals surface area (Å²) >= 11 is 0. The first-order valence-electron chi connectivity index (χ1n) is 9.56.